The van der Waals surface area contributed by atoms with Gasteiger partial charge in [-0.05, 0) is 43.3 Å². The summed E-state index contributed by atoms with van der Waals surface area (Å²) in [5.74, 6) is 0.907. The summed E-state index contributed by atoms with van der Waals surface area (Å²) in [4.78, 5) is 30.6. The molecule has 0 saturated carbocycles. The lowest BCUT2D eigenvalue weighted by Gasteiger charge is -2.36. The topological polar surface area (TPSA) is 54.8 Å². The van der Waals surface area contributed by atoms with E-state index in [1.54, 1.807) is 7.11 Å². The molecule has 168 valence electrons. The van der Waals surface area contributed by atoms with Crippen molar-refractivity contribution in [3.63, 3.8) is 0 Å². The number of pyridine rings is 1. The van der Waals surface area contributed by atoms with Crippen molar-refractivity contribution >= 4 is 33.4 Å². The fourth-order valence-corrected chi connectivity index (χ4v) is 4.74. The van der Waals surface area contributed by atoms with E-state index in [0.29, 0.717) is 23.9 Å². The largest absolute Gasteiger partial charge is 0.495 e. The zero-order valence-corrected chi connectivity index (χ0v) is 19.0. The Morgan fingerprint density at radius 2 is 1.58 bits per heavy atom. The van der Waals surface area contributed by atoms with Crippen LogP contribution in [-0.4, -0.2) is 48.7 Å². The van der Waals surface area contributed by atoms with Crippen molar-refractivity contribution in [1.29, 1.82) is 0 Å². The molecule has 0 unspecified atom stereocenters. The number of benzene rings is 3. The first kappa shape index (κ1) is 21.1. The molecule has 0 aliphatic carbocycles. The maximum Gasteiger partial charge on any atom is 0.242 e. The van der Waals surface area contributed by atoms with Gasteiger partial charge in [-0.25, -0.2) is 0 Å². The minimum atomic E-state index is 0.0124. The lowest BCUT2D eigenvalue weighted by atomic mass is 10.1. The van der Waals surface area contributed by atoms with E-state index in [0.717, 1.165) is 41.1 Å². The van der Waals surface area contributed by atoms with Gasteiger partial charge >= 0.3 is 0 Å². The second-order valence-electron chi connectivity index (χ2n) is 8.49. The van der Waals surface area contributed by atoms with E-state index in [4.69, 9.17) is 4.74 Å². The van der Waals surface area contributed by atoms with E-state index in [1.165, 1.54) is 0 Å². The number of rotatable bonds is 4. The maximum absolute atomic E-state index is 13.4. The summed E-state index contributed by atoms with van der Waals surface area (Å²) in [7, 11) is 1.68. The molecule has 1 aromatic heterocycles. The lowest BCUT2D eigenvalue weighted by Crippen LogP contribution is -2.49. The number of ether oxygens (including phenoxy) is 1. The fraction of sp³-hybridized carbons (Fsp3) is 0.259. The molecule has 0 atom stereocenters. The summed E-state index contributed by atoms with van der Waals surface area (Å²) in [6.45, 7) is 4.96. The molecule has 1 amide bonds. The van der Waals surface area contributed by atoms with Crippen LogP contribution in [0.15, 0.2) is 71.5 Å². The van der Waals surface area contributed by atoms with Crippen molar-refractivity contribution in [1.82, 2.24) is 9.47 Å². The maximum atomic E-state index is 13.4. The standard InChI is InChI=1S/C27H27N3O3/c1-19-11-12-23-21(17-19)27(32)20-7-3-4-8-22(20)30(23)18-26(31)29-15-13-28(14-16-29)24-9-5-6-10-25(24)33-2/h3-12,17H,13-16,18H2,1-2H3. The Labute approximate surface area is 192 Å². The number of fused-ring (bicyclic) bond motifs is 2. The Hall–Kier alpha value is -3.80. The zero-order valence-electron chi connectivity index (χ0n) is 19.0. The number of carbonyl (C=O) groups excluding carboxylic acids is 1. The number of para-hydroxylation sites is 3. The number of methoxy groups -OCH3 is 1. The lowest BCUT2D eigenvalue weighted by molar-refractivity contribution is -0.132. The van der Waals surface area contributed by atoms with Crippen LogP contribution in [0.25, 0.3) is 21.8 Å². The number of hydrogen-bond donors (Lipinski definition) is 0. The van der Waals surface area contributed by atoms with Crippen molar-refractivity contribution in [2.24, 2.45) is 0 Å². The van der Waals surface area contributed by atoms with E-state index in [1.807, 2.05) is 77.1 Å². The summed E-state index contributed by atoms with van der Waals surface area (Å²) in [6.07, 6.45) is 0. The third kappa shape index (κ3) is 3.82. The molecule has 1 aliphatic heterocycles. The Morgan fingerprint density at radius 3 is 2.36 bits per heavy atom. The highest BCUT2D eigenvalue weighted by molar-refractivity contribution is 5.95. The molecule has 33 heavy (non-hydrogen) atoms. The molecule has 6 heteroatoms. The summed E-state index contributed by atoms with van der Waals surface area (Å²) in [5, 5.41) is 1.30. The number of amides is 1. The van der Waals surface area contributed by atoms with Gasteiger partial charge in [-0.1, -0.05) is 35.9 Å². The van der Waals surface area contributed by atoms with Crippen LogP contribution in [0.3, 0.4) is 0 Å². The average molecular weight is 442 g/mol. The molecule has 2 heterocycles. The van der Waals surface area contributed by atoms with Crippen molar-refractivity contribution in [2.45, 2.75) is 13.5 Å². The Morgan fingerprint density at radius 1 is 0.879 bits per heavy atom. The first-order chi connectivity index (χ1) is 16.1. The number of hydrogen-bond acceptors (Lipinski definition) is 4. The third-order valence-corrected chi connectivity index (χ3v) is 6.48. The van der Waals surface area contributed by atoms with Crippen molar-refractivity contribution in [2.75, 3.05) is 38.2 Å². The van der Waals surface area contributed by atoms with E-state index < -0.39 is 0 Å². The molecule has 1 saturated heterocycles. The molecule has 4 aromatic rings. The second-order valence-corrected chi connectivity index (χ2v) is 8.49. The monoisotopic (exact) mass is 441 g/mol. The number of anilines is 1. The molecular weight excluding hydrogens is 414 g/mol. The predicted octanol–water partition coefficient (Wildman–Crippen LogP) is 3.82. The summed E-state index contributed by atoms with van der Waals surface area (Å²) >= 11 is 0. The number of nitrogens with zero attached hydrogens (tertiary/aromatic N) is 3. The molecule has 0 N–H and O–H groups in total. The van der Waals surface area contributed by atoms with Crippen LogP contribution in [0, 0.1) is 6.92 Å². The Kier molecular flexibility index (Phi) is 5.50. The molecule has 3 aromatic carbocycles. The molecule has 1 aliphatic rings. The van der Waals surface area contributed by atoms with Gasteiger partial charge in [-0.3, -0.25) is 9.59 Å². The minimum absolute atomic E-state index is 0.0124. The third-order valence-electron chi connectivity index (χ3n) is 6.48. The molecule has 0 radical (unpaired) electrons. The SMILES string of the molecule is COc1ccccc1N1CCN(C(=O)Cn2c3ccccc3c(=O)c3cc(C)ccc32)CC1. The van der Waals surface area contributed by atoms with Crippen LogP contribution in [0.1, 0.15) is 5.56 Å². The molecule has 5 rings (SSSR count). The highest BCUT2D eigenvalue weighted by Gasteiger charge is 2.24. The number of aryl methyl sites for hydroxylation is 1. The van der Waals surface area contributed by atoms with Crippen LogP contribution < -0.4 is 15.1 Å². The van der Waals surface area contributed by atoms with Gasteiger partial charge in [0, 0.05) is 37.0 Å². The first-order valence-electron chi connectivity index (χ1n) is 11.2. The smallest absolute Gasteiger partial charge is 0.242 e. The van der Waals surface area contributed by atoms with Gasteiger partial charge in [0.2, 0.25) is 5.91 Å². The minimum Gasteiger partial charge on any atom is -0.495 e. The average Bonchev–Trinajstić information content (AvgIpc) is 2.86. The van der Waals surface area contributed by atoms with Crippen LogP contribution in [0.5, 0.6) is 5.75 Å². The van der Waals surface area contributed by atoms with Gasteiger partial charge in [-0.2, -0.15) is 0 Å². The second kappa shape index (κ2) is 8.62. The van der Waals surface area contributed by atoms with Crippen LogP contribution >= 0.6 is 0 Å². The normalized spacial score (nSPS) is 14.1. The van der Waals surface area contributed by atoms with E-state index in [2.05, 4.69) is 11.0 Å². The van der Waals surface area contributed by atoms with Crippen LogP contribution in [-0.2, 0) is 11.3 Å². The van der Waals surface area contributed by atoms with E-state index in [-0.39, 0.29) is 17.9 Å². The van der Waals surface area contributed by atoms with Crippen LogP contribution in [0.2, 0.25) is 0 Å². The van der Waals surface area contributed by atoms with Crippen molar-refractivity contribution < 1.29 is 9.53 Å². The highest BCUT2D eigenvalue weighted by atomic mass is 16.5. The van der Waals surface area contributed by atoms with Gasteiger partial charge in [0.15, 0.2) is 5.43 Å². The Bertz CT molecular complexity index is 1400. The summed E-state index contributed by atoms with van der Waals surface area (Å²) < 4.78 is 7.49. The zero-order chi connectivity index (χ0) is 22.9. The fourth-order valence-electron chi connectivity index (χ4n) is 4.74. The van der Waals surface area contributed by atoms with Gasteiger partial charge in [0.25, 0.3) is 0 Å². The quantitative estimate of drug-likeness (QED) is 0.452. The predicted molar refractivity (Wildman–Crippen MR) is 132 cm³/mol. The molecule has 6 nitrogen and oxygen atoms in total. The van der Waals surface area contributed by atoms with Gasteiger partial charge < -0.3 is 19.1 Å². The van der Waals surface area contributed by atoms with Gasteiger partial charge in [0.05, 0.1) is 23.8 Å². The van der Waals surface area contributed by atoms with Crippen molar-refractivity contribution in [3.05, 3.63) is 82.5 Å². The molecule has 1 fully saturated rings. The summed E-state index contributed by atoms with van der Waals surface area (Å²) in [6, 6.07) is 21.4. The number of aromatic nitrogens is 1. The Balaban J connectivity index is 1.42. The number of piperazine rings is 1. The van der Waals surface area contributed by atoms with E-state index in [9.17, 15) is 9.59 Å². The highest BCUT2D eigenvalue weighted by Crippen LogP contribution is 2.28. The first-order valence-corrected chi connectivity index (χ1v) is 11.2. The number of carbonyl (C=O) groups is 1. The van der Waals surface area contributed by atoms with Gasteiger partial charge in [0.1, 0.15) is 12.3 Å². The van der Waals surface area contributed by atoms with E-state index >= 15 is 0 Å². The molecular formula is C27H27N3O3. The molecule has 0 spiro atoms. The van der Waals surface area contributed by atoms with Crippen LogP contribution in [0.4, 0.5) is 5.69 Å². The summed E-state index contributed by atoms with van der Waals surface area (Å²) in [5.41, 5.74) is 3.68. The van der Waals surface area contributed by atoms with Crippen molar-refractivity contribution in [3.8, 4) is 5.75 Å². The molecule has 0 bridgehead atoms. The van der Waals surface area contributed by atoms with Gasteiger partial charge in [-0.15, -0.1) is 0 Å².